The highest BCUT2D eigenvalue weighted by Gasteiger charge is 2.24. The van der Waals surface area contributed by atoms with Gasteiger partial charge in [0.25, 0.3) is 0 Å². The van der Waals surface area contributed by atoms with Gasteiger partial charge in [0.05, 0.1) is 6.42 Å². The number of benzene rings is 1. The predicted molar refractivity (Wildman–Crippen MR) is 75.1 cm³/mol. The number of carboxylic acids is 1. The lowest BCUT2D eigenvalue weighted by molar-refractivity contribution is -0.139. The molecule has 0 heterocycles. The molecule has 0 spiro atoms. The van der Waals surface area contributed by atoms with Crippen molar-refractivity contribution >= 4 is 5.97 Å². The lowest BCUT2D eigenvalue weighted by atomic mass is 9.79. The topological polar surface area (TPSA) is 37.3 Å². The minimum absolute atomic E-state index is 0.207. The van der Waals surface area contributed by atoms with Crippen molar-refractivity contribution in [3.8, 4) is 0 Å². The molecule has 2 nitrogen and oxygen atoms in total. The van der Waals surface area contributed by atoms with E-state index in [9.17, 15) is 4.79 Å². The van der Waals surface area contributed by atoms with Crippen LogP contribution >= 0.6 is 0 Å². The molecule has 2 heteroatoms. The van der Waals surface area contributed by atoms with Crippen LogP contribution in [-0.4, -0.2) is 11.1 Å². The van der Waals surface area contributed by atoms with Gasteiger partial charge in [-0.3, -0.25) is 4.79 Å². The molecule has 0 saturated heterocycles. The second-order valence-corrected chi connectivity index (χ2v) is 6.15. The summed E-state index contributed by atoms with van der Waals surface area (Å²) in [5, 5.41) is 8.97. The maximum absolute atomic E-state index is 10.9. The third kappa shape index (κ3) is 3.34. The van der Waals surface area contributed by atoms with Gasteiger partial charge in [-0.2, -0.15) is 0 Å². The van der Waals surface area contributed by atoms with E-state index >= 15 is 0 Å². The molecule has 0 bridgehead atoms. The molecule has 0 unspecified atom stereocenters. The van der Waals surface area contributed by atoms with Crippen LogP contribution in [0.4, 0.5) is 0 Å². The fourth-order valence-corrected chi connectivity index (χ4v) is 2.51. The molecule has 1 N–H and O–H groups in total. The van der Waals surface area contributed by atoms with Gasteiger partial charge in [-0.05, 0) is 67.3 Å². The van der Waals surface area contributed by atoms with Crippen LogP contribution in [0.3, 0.4) is 0 Å². The molecule has 18 heavy (non-hydrogen) atoms. The number of aliphatic carboxylic acids is 1. The average molecular weight is 248 g/mol. The van der Waals surface area contributed by atoms with Crippen molar-refractivity contribution in [3.63, 3.8) is 0 Å². The number of hydrogen-bond acceptors (Lipinski definition) is 1. The molecule has 0 amide bonds. The Bertz CT molecular complexity index is 444. The highest BCUT2D eigenvalue weighted by atomic mass is 16.4. The fraction of sp³-hybridized carbons (Fsp3) is 0.562. The number of carboxylic acid groups (broad SMARTS) is 1. The van der Waals surface area contributed by atoms with E-state index in [0.29, 0.717) is 0 Å². The molecular weight excluding hydrogens is 224 g/mol. The first kappa shape index (κ1) is 14.7. The summed E-state index contributed by atoms with van der Waals surface area (Å²) in [6, 6.07) is 2.21. The fourth-order valence-electron chi connectivity index (χ4n) is 2.51. The van der Waals surface area contributed by atoms with E-state index in [4.69, 9.17) is 5.11 Å². The highest BCUT2D eigenvalue weighted by Crippen LogP contribution is 2.31. The summed E-state index contributed by atoms with van der Waals surface area (Å²) < 4.78 is 0. The maximum Gasteiger partial charge on any atom is 0.303 e. The Morgan fingerprint density at radius 1 is 1.11 bits per heavy atom. The van der Waals surface area contributed by atoms with Gasteiger partial charge in [0.15, 0.2) is 0 Å². The van der Waals surface area contributed by atoms with E-state index in [0.717, 1.165) is 6.42 Å². The Hall–Kier alpha value is -1.31. The molecule has 0 aliphatic rings. The molecule has 0 aromatic heterocycles. The zero-order valence-corrected chi connectivity index (χ0v) is 12.3. The molecule has 0 fully saturated rings. The van der Waals surface area contributed by atoms with Crippen molar-refractivity contribution in [2.45, 2.75) is 54.4 Å². The Balaban J connectivity index is 3.15. The Morgan fingerprint density at radius 2 is 1.56 bits per heavy atom. The van der Waals surface area contributed by atoms with E-state index < -0.39 is 5.97 Å². The van der Waals surface area contributed by atoms with Crippen molar-refractivity contribution in [3.05, 3.63) is 33.9 Å². The van der Waals surface area contributed by atoms with Crippen LogP contribution in [-0.2, 0) is 11.2 Å². The first-order chi connectivity index (χ1) is 8.14. The minimum atomic E-state index is -0.723. The second-order valence-electron chi connectivity index (χ2n) is 6.15. The van der Waals surface area contributed by atoms with Crippen LogP contribution < -0.4 is 0 Å². The molecule has 0 radical (unpaired) electrons. The van der Waals surface area contributed by atoms with Crippen LogP contribution in [0, 0.1) is 33.1 Å². The Morgan fingerprint density at radius 3 is 1.94 bits per heavy atom. The number of rotatable bonds is 4. The Kier molecular flexibility index (Phi) is 4.20. The van der Waals surface area contributed by atoms with Gasteiger partial charge in [-0.25, -0.2) is 0 Å². The van der Waals surface area contributed by atoms with Gasteiger partial charge in [-0.15, -0.1) is 0 Å². The lowest BCUT2D eigenvalue weighted by Crippen LogP contribution is -2.21. The number of aryl methyl sites for hydroxylation is 2. The third-order valence-electron chi connectivity index (χ3n) is 3.81. The Labute approximate surface area is 110 Å². The van der Waals surface area contributed by atoms with E-state index in [1.54, 1.807) is 0 Å². The van der Waals surface area contributed by atoms with Gasteiger partial charge >= 0.3 is 5.97 Å². The number of hydrogen-bond donors (Lipinski definition) is 1. The second kappa shape index (κ2) is 5.13. The van der Waals surface area contributed by atoms with E-state index in [2.05, 4.69) is 33.8 Å². The first-order valence-electron chi connectivity index (χ1n) is 6.42. The van der Waals surface area contributed by atoms with Crippen LogP contribution in [0.15, 0.2) is 6.07 Å². The predicted octanol–water partition coefficient (Wildman–Crippen LogP) is 3.96. The van der Waals surface area contributed by atoms with Crippen molar-refractivity contribution in [1.82, 2.24) is 0 Å². The molecule has 100 valence electrons. The minimum Gasteiger partial charge on any atom is -0.481 e. The molecule has 0 aliphatic heterocycles. The lowest BCUT2D eigenvalue weighted by Gasteiger charge is -2.26. The van der Waals surface area contributed by atoms with Crippen molar-refractivity contribution in [2.24, 2.45) is 5.41 Å². The average Bonchev–Trinajstić information content (AvgIpc) is 2.20. The first-order valence-corrected chi connectivity index (χ1v) is 6.42. The van der Waals surface area contributed by atoms with Gasteiger partial charge in [0.1, 0.15) is 0 Å². The summed E-state index contributed by atoms with van der Waals surface area (Å²) in [6.45, 7) is 12.6. The summed E-state index contributed by atoms with van der Waals surface area (Å²) in [4.78, 5) is 10.9. The SMILES string of the molecule is Cc1cc(C)c(C)c(CC(C)(C)CC(=O)O)c1C. The van der Waals surface area contributed by atoms with Crippen molar-refractivity contribution in [1.29, 1.82) is 0 Å². The molecule has 1 aromatic carbocycles. The van der Waals surface area contributed by atoms with E-state index in [1.807, 2.05) is 13.8 Å². The zero-order valence-electron chi connectivity index (χ0n) is 12.3. The molecule has 0 atom stereocenters. The van der Waals surface area contributed by atoms with Crippen molar-refractivity contribution in [2.75, 3.05) is 0 Å². The summed E-state index contributed by atoms with van der Waals surface area (Å²) >= 11 is 0. The smallest absolute Gasteiger partial charge is 0.303 e. The summed E-state index contributed by atoms with van der Waals surface area (Å²) in [5.74, 6) is -0.723. The summed E-state index contributed by atoms with van der Waals surface area (Å²) in [5.41, 5.74) is 6.30. The van der Waals surface area contributed by atoms with Gasteiger partial charge in [-0.1, -0.05) is 19.9 Å². The van der Waals surface area contributed by atoms with E-state index in [-0.39, 0.29) is 11.8 Å². The van der Waals surface area contributed by atoms with Crippen LogP contribution in [0.25, 0.3) is 0 Å². The van der Waals surface area contributed by atoms with Gasteiger partial charge in [0, 0.05) is 0 Å². The number of carbonyl (C=O) groups is 1. The standard InChI is InChI=1S/C16H24O2/c1-10-7-11(2)13(4)14(12(10)3)8-16(5,6)9-15(17)18/h7H,8-9H2,1-6H3,(H,17,18). The van der Waals surface area contributed by atoms with Gasteiger partial charge < -0.3 is 5.11 Å². The maximum atomic E-state index is 10.9. The molecule has 0 aliphatic carbocycles. The quantitative estimate of drug-likeness (QED) is 0.875. The molecule has 1 aromatic rings. The largest absolute Gasteiger partial charge is 0.481 e. The summed E-state index contributed by atoms with van der Waals surface area (Å²) in [6.07, 6.45) is 1.03. The third-order valence-corrected chi connectivity index (χ3v) is 3.81. The van der Waals surface area contributed by atoms with Crippen LogP contribution in [0.2, 0.25) is 0 Å². The van der Waals surface area contributed by atoms with Crippen molar-refractivity contribution < 1.29 is 9.90 Å². The monoisotopic (exact) mass is 248 g/mol. The van der Waals surface area contributed by atoms with E-state index in [1.165, 1.54) is 27.8 Å². The zero-order chi connectivity index (χ0) is 14.1. The van der Waals surface area contributed by atoms with Crippen LogP contribution in [0.5, 0.6) is 0 Å². The molecule has 1 rings (SSSR count). The highest BCUT2D eigenvalue weighted by molar-refractivity contribution is 5.67. The normalized spacial score (nSPS) is 11.7. The molecular formula is C16H24O2. The molecule has 0 saturated carbocycles. The van der Waals surface area contributed by atoms with Gasteiger partial charge in [0.2, 0.25) is 0 Å². The summed E-state index contributed by atoms with van der Waals surface area (Å²) in [7, 11) is 0. The van der Waals surface area contributed by atoms with Crippen LogP contribution in [0.1, 0.15) is 48.1 Å².